The summed E-state index contributed by atoms with van der Waals surface area (Å²) in [6.07, 6.45) is 0. The van der Waals surface area contributed by atoms with Crippen molar-refractivity contribution in [2.75, 3.05) is 0 Å². The first-order valence-electron chi connectivity index (χ1n) is 3.49. The van der Waals surface area contributed by atoms with Gasteiger partial charge in [-0.05, 0) is 16.6 Å². The fourth-order valence-electron chi connectivity index (χ4n) is 0.849. The van der Waals surface area contributed by atoms with E-state index >= 15 is 0 Å². The number of carboxylic acids is 1. The highest BCUT2D eigenvalue weighted by Gasteiger charge is 2.17. The van der Waals surface area contributed by atoms with Crippen LogP contribution in [0.1, 0.15) is 10.6 Å². The molecule has 0 aromatic carbocycles. The average molecular weight is 214 g/mol. The van der Waals surface area contributed by atoms with E-state index in [9.17, 15) is 9.18 Å². The Morgan fingerprint density at radius 1 is 1.64 bits per heavy atom. The molecule has 0 amide bonds. The Morgan fingerprint density at radius 3 is 2.93 bits per heavy atom. The molecule has 0 radical (unpaired) electrons. The van der Waals surface area contributed by atoms with E-state index in [0.717, 1.165) is 11.3 Å². The minimum atomic E-state index is -1.31. The zero-order valence-corrected chi connectivity index (χ0v) is 7.42. The van der Waals surface area contributed by atoms with Gasteiger partial charge >= 0.3 is 5.97 Å². The molecule has 0 saturated carbocycles. The second kappa shape index (κ2) is 3.18. The van der Waals surface area contributed by atoms with Crippen LogP contribution in [0.5, 0.6) is 0 Å². The molecule has 5 nitrogen and oxygen atoms in total. The van der Waals surface area contributed by atoms with Gasteiger partial charge in [0.05, 0.1) is 0 Å². The predicted octanol–water partition coefficient (Wildman–Crippen LogP) is 1.64. The molecule has 0 fully saturated rings. The third-order valence-electron chi connectivity index (χ3n) is 1.43. The van der Waals surface area contributed by atoms with Gasteiger partial charge in [-0.2, -0.15) is 4.98 Å². The van der Waals surface area contributed by atoms with Crippen molar-refractivity contribution in [1.82, 2.24) is 10.1 Å². The van der Waals surface area contributed by atoms with Gasteiger partial charge in [0.1, 0.15) is 10.7 Å². The summed E-state index contributed by atoms with van der Waals surface area (Å²) in [5.74, 6) is -2.41. The van der Waals surface area contributed by atoms with E-state index in [1.54, 1.807) is 0 Å². The van der Waals surface area contributed by atoms with Gasteiger partial charge < -0.3 is 9.63 Å². The van der Waals surface area contributed by atoms with Crippen LogP contribution in [0.2, 0.25) is 0 Å². The quantitative estimate of drug-likeness (QED) is 0.822. The lowest BCUT2D eigenvalue weighted by molar-refractivity contribution is 0.0680. The molecule has 0 aliphatic rings. The van der Waals surface area contributed by atoms with Gasteiger partial charge in [-0.25, -0.2) is 9.18 Å². The number of thiophene rings is 1. The number of nitrogens with zero attached hydrogens (tertiary/aromatic N) is 2. The summed E-state index contributed by atoms with van der Waals surface area (Å²) in [6, 6.07) is 1.24. The number of carbonyl (C=O) groups is 1. The maximum Gasteiger partial charge on any atom is 0.377 e. The molecule has 0 saturated heterocycles. The molecule has 2 rings (SSSR count). The van der Waals surface area contributed by atoms with Crippen molar-refractivity contribution in [3.05, 3.63) is 23.1 Å². The zero-order valence-electron chi connectivity index (χ0n) is 6.60. The Morgan fingerprint density at radius 2 is 2.43 bits per heavy atom. The zero-order chi connectivity index (χ0) is 10.1. The molecule has 72 valence electrons. The first-order valence-corrected chi connectivity index (χ1v) is 4.37. The molecule has 7 heteroatoms. The number of hydrogen-bond acceptors (Lipinski definition) is 5. The van der Waals surface area contributed by atoms with Crippen molar-refractivity contribution in [2.45, 2.75) is 0 Å². The van der Waals surface area contributed by atoms with Crippen molar-refractivity contribution in [3.63, 3.8) is 0 Å². The third-order valence-corrected chi connectivity index (χ3v) is 2.31. The van der Waals surface area contributed by atoms with Crippen molar-refractivity contribution < 1.29 is 18.8 Å². The molecule has 0 aliphatic carbocycles. The van der Waals surface area contributed by atoms with E-state index in [1.165, 1.54) is 11.4 Å². The van der Waals surface area contributed by atoms with Gasteiger partial charge in [-0.1, -0.05) is 0 Å². The summed E-state index contributed by atoms with van der Waals surface area (Å²) < 4.78 is 17.6. The van der Waals surface area contributed by atoms with Crippen LogP contribution in [-0.2, 0) is 0 Å². The largest absolute Gasteiger partial charge is 0.475 e. The number of halogens is 1. The Labute approximate surface area is 80.8 Å². The van der Waals surface area contributed by atoms with E-state index in [4.69, 9.17) is 5.11 Å². The van der Waals surface area contributed by atoms with Crippen LogP contribution in [0, 0.1) is 5.82 Å². The molecule has 2 aromatic rings. The normalized spacial score (nSPS) is 10.4. The molecule has 2 aromatic heterocycles. The van der Waals surface area contributed by atoms with Crippen molar-refractivity contribution in [2.24, 2.45) is 0 Å². The molecule has 0 aliphatic heterocycles. The van der Waals surface area contributed by atoms with Crippen LogP contribution >= 0.6 is 11.3 Å². The summed E-state index contributed by atoms with van der Waals surface area (Å²) >= 11 is 1.06. The molecule has 0 spiro atoms. The Balaban J connectivity index is 2.43. The fraction of sp³-hybridized carbons (Fsp3) is 0. The van der Waals surface area contributed by atoms with Crippen molar-refractivity contribution in [3.8, 4) is 10.8 Å². The molecule has 0 atom stereocenters. The number of carboxylic acid groups (broad SMARTS) is 1. The van der Waals surface area contributed by atoms with Gasteiger partial charge in [0.2, 0.25) is 0 Å². The van der Waals surface area contributed by atoms with E-state index < -0.39 is 17.6 Å². The summed E-state index contributed by atoms with van der Waals surface area (Å²) in [5, 5.41) is 13.2. The summed E-state index contributed by atoms with van der Waals surface area (Å²) in [7, 11) is 0. The van der Waals surface area contributed by atoms with E-state index in [-0.39, 0.29) is 10.8 Å². The second-order valence-electron chi connectivity index (χ2n) is 2.33. The van der Waals surface area contributed by atoms with Crippen LogP contribution in [0.4, 0.5) is 4.39 Å². The van der Waals surface area contributed by atoms with E-state index in [1.807, 2.05) is 0 Å². The maximum absolute atomic E-state index is 13.0. The third kappa shape index (κ3) is 1.37. The Kier molecular flexibility index (Phi) is 2.01. The minimum Gasteiger partial charge on any atom is -0.475 e. The standard InChI is InChI=1S/C7H3FN2O3S/c8-3-1-2-14-4(3)6-9-5(7(11)12)10-13-6/h1-2H,(H,11,12). The highest BCUT2D eigenvalue weighted by Crippen LogP contribution is 2.26. The summed E-state index contributed by atoms with van der Waals surface area (Å²) in [5.41, 5.74) is 0. The topological polar surface area (TPSA) is 76.2 Å². The first-order chi connectivity index (χ1) is 6.68. The summed E-state index contributed by atoms with van der Waals surface area (Å²) in [4.78, 5) is 14.0. The van der Waals surface area contributed by atoms with Crippen LogP contribution in [0.25, 0.3) is 10.8 Å². The molecule has 0 bridgehead atoms. The number of aromatic carboxylic acids is 1. The van der Waals surface area contributed by atoms with Gasteiger partial charge in [0.25, 0.3) is 11.7 Å². The lowest BCUT2D eigenvalue weighted by atomic mass is 10.4. The number of aromatic nitrogens is 2. The monoisotopic (exact) mass is 214 g/mol. The van der Waals surface area contributed by atoms with Crippen LogP contribution < -0.4 is 0 Å². The SMILES string of the molecule is O=C(O)c1noc(-c2sccc2F)n1. The van der Waals surface area contributed by atoms with Crippen molar-refractivity contribution in [1.29, 1.82) is 0 Å². The fourth-order valence-corrected chi connectivity index (χ4v) is 1.54. The Bertz CT molecular complexity index is 479. The van der Waals surface area contributed by atoms with E-state index in [0.29, 0.717) is 0 Å². The van der Waals surface area contributed by atoms with Crippen LogP contribution in [0.15, 0.2) is 16.0 Å². The highest BCUT2D eigenvalue weighted by atomic mass is 32.1. The van der Waals surface area contributed by atoms with Gasteiger partial charge in [0, 0.05) is 0 Å². The average Bonchev–Trinajstić information content (AvgIpc) is 2.71. The lowest BCUT2D eigenvalue weighted by Crippen LogP contribution is -1.98. The number of rotatable bonds is 2. The van der Waals surface area contributed by atoms with E-state index in [2.05, 4.69) is 14.7 Å². The maximum atomic E-state index is 13.0. The molecule has 2 heterocycles. The lowest BCUT2D eigenvalue weighted by Gasteiger charge is -1.84. The van der Waals surface area contributed by atoms with Gasteiger partial charge in [0.15, 0.2) is 0 Å². The van der Waals surface area contributed by atoms with Gasteiger partial charge in [-0.15, -0.1) is 11.3 Å². The first kappa shape index (κ1) is 8.82. The second-order valence-corrected chi connectivity index (χ2v) is 3.24. The predicted molar refractivity (Wildman–Crippen MR) is 44.5 cm³/mol. The smallest absolute Gasteiger partial charge is 0.377 e. The van der Waals surface area contributed by atoms with Gasteiger partial charge in [-0.3, -0.25) is 0 Å². The minimum absolute atomic E-state index is 0.116. The molecule has 1 N–H and O–H groups in total. The molecule has 14 heavy (non-hydrogen) atoms. The molecular weight excluding hydrogens is 211 g/mol. The summed E-state index contributed by atoms with van der Waals surface area (Å²) in [6.45, 7) is 0. The Hall–Kier alpha value is -1.76. The van der Waals surface area contributed by atoms with Crippen LogP contribution in [0.3, 0.4) is 0 Å². The highest BCUT2D eigenvalue weighted by molar-refractivity contribution is 7.13. The molecule has 0 unspecified atom stereocenters. The molecular formula is C7H3FN2O3S. The number of hydrogen-bond donors (Lipinski definition) is 1. The van der Waals surface area contributed by atoms with Crippen molar-refractivity contribution >= 4 is 17.3 Å². The van der Waals surface area contributed by atoms with Crippen LogP contribution in [-0.4, -0.2) is 21.2 Å².